The molecule has 2 aromatic heterocycles. The fraction of sp³-hybridized carbons (Fsp3) is 0.176. The molecule has 7 nitrogen and oxygen atoms in total. The number of hydrogen-bond donors (Lipinski definition) is 1. The fourth-order valence-corrected chi connectivity index (χ4v) is 3.87. The van der Waals surface area contributed by atoms with E-state index in [1.165, 1.54) is 19.2 Å². The average Bonchev–Trinajstić information content (AvgIpc) is 3.06. The fourth-order valence-electron chi connectivity index (χ4n) is 2.42. The summed E-state index contributed by atoms with van der Waals surface area (Å²) in [4.78, 5) is 4.35. The lowest BCUT2D eigenvalue weighted by atomic mass is 10.2. The molecule has 0 radical (unpaired) electrons. The van der Waals surface area contributed by atoms with Gasteiger partial charge in [-0.25, -0.2) is 13.1 Å². The van der Waals surface area contributed by atoms with E-state index in [2.05, 4.69) is 14.8 Å². The third-order valence-corrected chi connectivity index (χ3v) is 5.45. The zero-order valence-electron chi connectivity index (χ0n) is 14.2. The van der Waals surface area contributed by atoms with Crippen LogP contribution in [0.2, 0.25) is 5.02 Å². The predicted octanol–water partition coefficient (Wildman–Crippen LogP) is 2.62. The summed E-state index contributed by atoms with van der Waals surface area (Å²) in [5, 5.41) is 4.42. The molecule has 0 saturated heterocycles. The molecule has 0 fully saturated rings. The number of hydrogen-bond acceptors (Lipinski definition) is 5. The summed E-state index contributed by atoms with van der Waals surface area (Å²) < 4.78 is 34.5. The molecule has 9 heteroatoms. The second-order valence-electron chi connectivity index (χ2n) is 5.51. The van der Waals surface area contributed by atoms with E-state index in [9.17, 15) is 8.42 Å². The molecule has 0 spiro atoms. The van der Waals surface area contributed by atoms with Gasteiger partial charge < -0.3 is 4.74 Å². The van der Waals surface area contributed by atoms with Crippen molar-refractivity contribution in [3.8, 4) is 17.1 Å². The smallest absolute Gasteiger partial charge is 0.244 e. The van der Waals surface area contributed by atoms with Gasteiger partial charge in [0, 0.05) is 31.0 Å². The number of ether oxygens (including phenoxy) is 1. The minimum atomic E-state index is -3.79. The van der Waals surface area contributed by atoms with Crippen LogP contribution >= 0.6 is 11.6 Å². The Morgan fingerprint density at radius 1 is 1.23 bits per heavy atom. The van der Waals surface area contributed by atoms with Crippen LogP contribution in [0.3, 0.4) is 0 Å². The Kier molecular flexibility index (Phi) is 5.26. The van der Waals surface area contributed by atoms with Gasteiger partial charge in [-0.2, -0.15) is 5.10 Å². The van der Waals surface area contributed by atoms with Gasteiger partial charge in [0.05, 0.1) is 18.5 Å². The van der Waals surface area contributed by atoms with Gasteiger partial charge in [0.1, 0.15) is 10.6 Å². The second-order valence-corrected chi connectivity index (χ2v) is 7.68. The van der Waals surface area contributed by atoms with Crippen LogP contribution in [0.4, 0.5) is 0 Å². The van der Waals surface area contributed by atoms with Gasteiger partial charge in [-0.05, 0) is 35.9 Å². The van der Waals surface area contributed by atoms with Crippen molar-refractivity contribution in [2.45, 2.75) is 11.4 Å². The average molecular weight is 393 g/mol. The standard InChI is InChI=1S/C17H17ClN4O3S/c1-22-15(7-8-20-22)14-5-3-12(10-19-14)11-21-26(23,24)17-9-13(18)4-6-16(17)25-2/h3-10,21H,11H2,1-2H3. The van der Waals surface area contributed by atoms with Gasteiger partial charge in [-0.15, -0.1) is 0 Å². The highest BCUT2D eigenvalue weighted by molar-refractivity contribution is 7.89. The molecule has 1 N–H and O–H groups in total. The van der Waals surface area contributed by atoms with Crippen LogP contribution in [0.5, 0.6) is 5.75 Å². The Morgan fingerprint density at radius 3 is 2.65 bits per heavy atom. The van der Waals surface area contributed by atoms with Gasteiger partial charge in [0.25, 0.3) is 0 Å². The molecule has 26 heavy (non-hydrogen) atoms. The number of nitrogens with zero attached hydrogens (tertiary/aromatic N) is 3. The first kappa shape index (κ1) is 18.4. The molecule has 0 bridgehead atoms. The van der Waals surface area contributed by atoms with Crippen molar-refractivity contribution in [3.63, 3.8) is 0 Å². The second kappa shape index (κ2) is 7.45. The molecule has 3 aromatic rings. The minimum absolute atomic E-state index is 0.00744. The molecular weight excluding hydrogens is 376 g/mol. The maximum Gasteiger partial charge on any atom is 0.244 e. The number of aromatic nitrogens is 3. The molecule has 136 valence electrons. The number of rotatable bonds is 6. The molecule has 0 amide bonds. The maximum atomic E-state index is 12.6. The predicted molar refractivity (Wildman–Crippen MR) is 98.5 cm³/mol. The zero-order chi connectivity index (χ0) is 18.7. The third-order valence-electron chi connectivity index (χ3n) is 3.79. The molecule has 0 aliphatic rings. The van der Waals surface area contributed by atoms with Gasteiger partial charge in [0.2, 0.25) is 10.0 Å². The topological polar surface area (TPSA) is 86.1 Å². The highest BCUT2D eigenvalue weighted by atomic mass is 35.5. The monoisotopic (exact) mass is 392 g/mol. The molecule has 3 rings (SSSR count). The molecule has 0 unspecified atom stereocenters. The van der Waals surface area contributed by atoms with E-state index in [0.29, 0.717) is 5.02 Å². The van der Waals surface area contributed by atoms with E-state index in [0.717, 1.165) is 17.0 Å². The van der Waals surface area contributed by atoms with Crippen molar-refractivity contribution in [2.75, 3.05) is 7.11 Å². The number of sulfonamides is 1. The minimum Gasteiger partial charge on any atom is -0.495 e. The molecule has 1 aromatic carbocycles. The Balaban J connectivity index is 1.76. The largest absolute Gasteiger partial charge is 0.495 e. The van der Waals surface area contributed by atoms with Crippen LogP contribution in [0.25, 0.3) is 11.4 Å². The Bertz CT molecular complexity index is 1020. The molecule has 0 aliphatic heterocycles. The van der Waals surface area contributed by atoms with E-state index in [4.69, 9.17) is 16.3 Å². The number of pyridine rings is 1. The number of methoxy groups -OCH3 is 1. The van der Waals surface area contributed by atoms with Crippen molar-refractivity contribution >= 4 is 21.6 Å². The van der Waals surface area contributed by atoms with E-state index in [-0.39, 0.29) is 17.2 Å². The Labute approximate surface area is 156 Å². The SMILES string of the molecule is COc1ccc(Cl)cc1S(=O)(=O)NCc1ccc(-c2ccnn2C)nc1. The number of halogens is 1. The molecule has 0 saturated carbocycles. The lowest BCUT2D eigenvalue weighted by Gasteiger charge is -2.11. The van der Waals surface area contributed by atoms with Gasteiger partial charge in [-0.3, -0.25) is 9.67 Å². The van der Waals surface area contributed by atoms with Crippen LogP contribution in [0.1, 0.15) is 5.56 Å². The van der Waals surface area contributed by atoms with Crippen LogP contribution in [0.15, 0.2) is 53.7 Å². The highest BCUT2D eigenvalue weighted by Crippen LogP contribution is 2.27. The molecule has 0 atom stereocenters. The van der Waals surface area contributed by atoms with E-state index >= 15 is 0 Å². The van der Waals surface area contributed by atoms with Crippen LogP contribution in [0, 0.1) is 0 Å². The lowest BCUT2D eigenvalue weighted by Crippen LogP contribution is -2.23. The molecular formula is C17H17ClN4O3S. The van der Waals surface area contributed by atoms with Crippen molar-refractivity contribution in [2.24, 2.45) is 7.05 Å². The normalized spacial score (nSPS) is 11.5. The highest BCUT2D eigenvalue weighted by Gasteiger charge is 2.19. The summed E-state index contributed by atoms with van der Waals surface area (Å²) in [6.07, 6.45) is 3.32. The van der Waals surface area contributed by atoms with E-state index < -0.39 is 10.0 Å². The van der Waals surface area contributed by atoms with Crippen LogP contribution < -0.4 is 9.46 Å². The summed E-state index contributed by atoms with van der Waals surface area (Å²) in [5.74, 6) is 0.228. The number of nitrogens with one attached hydrogen (secondary N) is 1. The first-order valence-corrected chi connectivity index (χ1v) is 9.53. The Hall–Kier alpha value is -2.42. The van der Waals surface area contributed by atoms with Crippen molar-refractivity contribution in [1.29, 1.82) is 0 Å². The number of benzene rings is 1. The maximum absolute atomic E-state index is 12.6. The zero-order valence-corrected chi connectivity index (χ0v) is 15.8. The van der Waals surface area contributed by atoms with Gasteiger partial charge in [0.15, 0.2) is 0 Å². The summed E-state index contributed by atoms with van der Waals surface area (Å²) in [6.45, 7) is 0.0939. The summed E-state index contributed by atoms with van der Waals surface area (Å²) >= 11 is 5.91. The quantitative estimate of drug-likeness (QED) is 0.696. The van der Waals surface area contributed by atoms with E-state index in [1.807, 2.05) is 25.2 Å². The van der Waals surface area contributed by atoms with Crippen LogP contribution in [-0.4, -0.2) is 30.3 Å². The summed E-state index contributed by atoms with van der Waals surface area (Å²) in [7, 11) is -0.548. The summed E-state index contributed by atoms with van der Waals surface area (Å²) in [5.41, 5.74) is 2.36. The molecule has 2 heterocycles. The van der Waals surface area contributed by atoms with Crippen molar-refractivity contribution < 1.29 is 13.2 Å². The van der Waals surface area contributed by atoms with E-state index in [1.54, 1.807) is 23.1 Å². The Morgan fingerprint density at radius 2 is 2.04 bits per heavy atom. The summed E-state index contributed by atoms with van der Waals surface area (Å²) in [6, 6.07) is 9.93. The van der Waals surface area contributed by atoms with Crippen LogP contribution in [-0.2, 0) is 23.6 Å². The van der Waals surface area contributed by atoms with Crippen molar-refractivity contribution in [1.82, 2.24) is 19.5 Å². The van der Waals surface area contributed by atoms with Gasteiger partial charge in [-0.1, -0.05) is 17.7 Å². The molecule has 0 aliphatic carbocycles. The number of aryl methyl sites for hydroxylation is 1. The first-order valence-electron chi connectivity index (χ1n) is 7.67. The van der Waals surface area contributed by atoms with Crippen molar-refractivity contribution in [3.05, 3.63) is 59.4 Å². The third kappa shape index (κ3) is 3.87. The van der Waals surface area contributed by atoms with Gasteiger partial charge >= 0.3 is 0 Å². The first-order chi connectivity index (χ1) is 12.4. The lowest BCUT2D eigenvalue weighted by molar-refractivity contribution is 0.402.